The topological polar surface area (TPSA) is 23.8 Å². The number of rotatable bonds is 1. The van der Waals surface area contributed by atoms with Crippen LogP contribution in [0.2, 0.25) is 0 Å². The van der Waals surface area contributed by atoms with Crippen molar-refractivity contribution in [3.63, 3.8) is 0 Å². The fraction of sp³-hybridized carbons (Fsp3) is 0.222. The molecule has 2 heteroatoms. The number of nitrogens with zero attached hydrogens (tertiary/aromatic N) is 1. The van der Waals surface area contributed by atoms with Gasteiger partial charge >= 0.3 is 0 Å². The molecule has 0 saturated heterocycles. The van der Waals surface area contributed by atoms with Crippen LogP contribution in [-0.4, -0.2) is 0 Å². The number of halogens is 1. The molecule has 0 bridgehead atoms. The van der Waals surface area contributed by atoms with Gasteiger partial charge in [0.2, 0.25) is 0 Å². The van der Waals surface area contributed by atoms with Crippen LogP contribution in [0.4, 0.5) is 0 Å². The van der Waals surface area contributed by atoms with E-state index in [1.165, 1.54) is 5.56 Å². The average molecular weight is 210 g/mol. The van der Waals surface area contributed by atoms with Gasteiger partial charge in [-0.1, -0.05) is 45.8 Å². The maximum Gasteiger partial charge on any atom is 0.126 e. The molecule has 0 N–H and O–H groups in total. The first kappa shape index (κ1) is 8.29. The maximum absolute atomic E-state index is 8.56. The Morgan fingerprint density at radius 1 is 1.36 bits per heavy atom. The molecule has 0 spiro atoms. The molecule has 0 radical (unpaired) electrons. The quantitative estimate of drug-likeness (QED) is 0.653. The monoisotopic (exact) mass is 209 g/mol. The number of hydrogen-bond acceptors (Lipinski definition) is 1. The summed E-state index contributed by atoms with van der Waals surface area (Å²) in [7, 11) is 0. The molecule has 11 heavy (non-hydrogen) atoms. The standard InChI is InChI=1S/C9H8BrN/c1-7-2-4-8(5-3-7)9(10)6-11/h2-5,9H,1H3/t9-/m1/s1. The minimum atomic E-state index is -0.178. The highest BCUT2D eigenvalue weighted by atomic mass is 79.9. The van der Waals surface area contributed by atoms with Crippen molar-refractivity contribution in [2.24, 2.45) is 0 Å². The highest BCUT2D eigenvalue weighted by molar-refractivity contribution is 9.09. The highest BCUT2D eigenvalue weighted by Crippen LogP contribution is 2.21. The fourth-order valence-electron chi connectivity index (χ4n) is 0.810. The van der Waals surface area contributed by atoms with Crippen LogP contribution in [0.15, 0.2) is 24.3 Å². The van der Waals surface area contributed by atoms with Crippen molar-refractivity contribution in [1.82, 2.24) is 0 Å². The van der Waals surface area contributed by atoms with Crippen molar-refractivity contribution in [3.8, 4) is 6.07 Å². The molecule has 1 rings (SSSR count). The lowest BCUT2D eigenvalue weighted by atomic mass is 10.1. The SMILES string of the molecule is Cc1ccc([C@H](Br)C#N)cc1. The largest absolute Gasteiger partial charge is 0.197 e. The van der Waals surface area contributed by atoms with Gasteiger partial charge in [0.05, 0.1) is 6.07 Å². The molecule has 0 aromatic heterocycles. The van der Waals surface area contributed by atoms with Crippen LogP contribution in [0.25, 0.3) is 0 Å². The van der Waals surface area contributed by atoms with Gasteiger partial charge in [-0.2, -0.15) is 5.26 Å². The molecule has 0 aliphatic rings. The first-order valence-electron chi connectivity index (χ1n) is 3.34. The Balaban J connectivity index is 2.92. The molecular weight excluding hydrogens is 202 g/mol. The lowest BCUT2D eigenvalue weighted by molar-refractivity contribution is 1.24. The molecule has 1 nitrogen and oxygen atoms in total. The summed E-state index contributed by atoms with van der Waals surface area (Å²) in [5.41, 5.74) is 2.23. The normalized spacial score (nSPS) is 12.1. The van der Waals surface area contributed by atoms with Crippen molar-refractivity contribution < 1.29 is 0 Å². The molecule has 1 aromatic carbocycles. The van der Waals surface area contributed by atoms with Gasteiger partial charge < -0.3 is 0 Å². The molecule has 0 amide bonds. The number of aryl methyl sites for hydroxylation is 1. The summed E-state index contributed by atoms with van der Waals surface area (Å²) < 4.78 is 0. The van der Waals surface area contributed by atoms with E-state index in [2.05, 4.69) is 22.0 Å². The van der Waals surface area contributed by atoms with Gasteiger partial charge in [-0.3, -0.25) is 0 Å². The van der Waals surface area contributed by atoms with E-state index in [0.717, 1.165) is 5.56 Å². The molecule has 0 aliphatic heterocycles. The molecule has 0 unspecified atom stereocenters. The van der Waals surface area contributed by atoms with Crippen LogP contribution < -0.4 is 0 Å². The molecule has 0 aliphatic carbocycles. The van der Waals surface area contributed by atoms with E-state index in [-0.39, 0.29) is 4.83 Å². The summed E-state index contributed by atoms with van der Waals surface area (Å²) in [6, 6.07) is 10.0. The Morgan fingerprint density at radius 3 is 2.36 bits per heavy atom. The smallest absolute Gasteiger partial charge is 0.126 e. The van der Waals surface area contributed by atoms with Crippen molar-refractivity contribution in [3.05, 3.63) is 35.4 Å². The second kappa shape index (κ2) is 3.54. The Hall–Kier alpha value is -0.810. The van der Waals surface area contributed by atoms with E-state index < -0.39 is 0 Å². The zero-order valence-corrected chi connectivity index (χ0v) is 7.80. The summed E-state index contributed by atoms with van der Waals surface area (Å²) >= 11 is 3.25. The van der Waals surface area contributed by atoms with Crippen LogP contribution in [0.5, 0.6) is 0 Å². The molecular formula is C9H8BrN. The van der Waals surface area contributed by atoms with Crippen molar-refractivity contribution in [2.45, 2.75) is 11.8 Å². The van der Waals surface area contributed by atoms with Gasteiger partial charge in [-0.05, 0) is 12.5 Å². The Kier molecular flexibility index (Phi) is 2.67. The average Bonchev–Trinajstić information content (AvgIpc) is 2.05. The van der Waals surface area contributed by atoms with E-state index in [9.17, 15) is 0 Å². The van der Waals surface area contributed by atoms with Gasteiger partial charge in [0.15, 0.2) is 0 Å². The number of nitriles is 1. The summed E-state index contributed by atoms with van der Waals surface area (Å²) in [6.45, 7) is 2.03. The van der Waals surface area contributed by atoms with Crippen LogP contribution in [0.1, 0.15) is 16.0 Å². The molecule has 0 heterocycles. The molecule has 0 fully saturated rings. The van der Waals surface area contributed by atoms with Gasteiger partial charge in [0.25, 0.3) is 0 Å². The van der Waals surface area contributed by atoms with Gasteiger partial charge in [0, 0.05) is 0 Å². The number of alkyl halides is 1. The molecule has 56 valence electrons. The third kappa shape index (κ3) is 2.06. The van der Waals surface area contributed by atoms with Gasteiger partial charge in [0.1, 0.15) is 4.83 Å². The summed E-state index contributed by atoms with van der Waals surface area (Å²) in [6.07, 6.45) is 0. The van der Waals surface area contributed by atoms with Gasteiger partial charge in [-0.25, -0.2) is 0 Å². The zero-order valence-electron chi connectivity index (χ0n) is 6.21. The number of benzene rings is 1. The molecule has 0 saturated carbocycles. The van der Waals surface area contributed by atoms with E-state index >= 15 is 0 Å². The highest BCUT2D eigenvalue weighted by Gasteiger charge is 2.02. The minimum Gasteiger partial charge on any atom is -0.197 e. The van der Waals surface area contributed by atoms with E-state index in [1.54, 1.807) is 0 Å². The van der Waals surface area contributed by atoms with Crippen LogP contribution in [0.3, 0.4) is 0 Å². The van der Waals surface area contributed by atoms with Crippen LogP contribution >= 0.6 is 15.9 Å². The third-order valence-corrected chi connectivity index (χ3v) is 2.22. The Morgan fingerprint density at radius 2 is 1.91 bits per heavy atom. The van der Waals surface area contributed by atoms with E-state index in [0.29, 0.717) is 0 Å². The number of hydrogen-bond donors (Lipinski definition) is 0. The summed E-state index contributed by atoms with van der Waals surface area (Å²) in [5, 5.41) is 8.56. The molecule has 1 aromatic rings. The fourth-order valence-corrected chi connectivity index (χ4v) is 1.12. The van der Waals surface area contributed by atoms with Crippen molar-refractivity contribution >= 4 is 15.9 Å². The van der Waals surface area contributed by atoms with Gasteiger partial charge in [-0.15, -0.1) is 0 Å². The first-order chi connectivity index (χ1) is 5.24. The Bertz CT molecular complexity index is 271. The first-order valence-corrected chi connectivity index (χ1v) is 4.26. The maximum atomic E-state index is 8.56. The Labute approximate surface area is 74.8 Å². The summed E-state index contributed by atoms with van der Waals surface area (Å²) in [5.74, 6) is 0. The van der Waals surface area contributed by atoms with Crippen molar-refractivity contribution in [1.29, 1.82) is 5.26 Å². The predicted octanol–water partition coefficient (Wildman–Crippen LogP) is 2.95. The molecule has 1 atom stereocenters. The third-order valence-electron chi connectivity index (χ3n) is 1.48. The lowest BCUT2D eigenvalue weighted by Crippen LogP contribution is -1.84. The van der Waals surface area contributed by atoms with E-state index in [1.807, 2.05) is 31.2 Å². The summed E-state index contributed by atoms with van der Waals surface area (Å²) in [4.78, 5) is -0.178. The zero-order chi connectivity index (χ0) is 8.27. The second-order valence-electron chi connectivity index (χ2n) is 2.40. The van der Waals surface area contributed by atoms with Crippen molar-refractivity contribution in [2.75, 3.05) is 0 Å². The van der Waals surface area contributed by atoms with Crippen LogP contribution in [0, 0.1) is 18.3 Å². The van der Waals surface area contributed by atoms with Crippen LogP contribution in [-0.2, 0) is 0 Å². The predicted molar refractivity (Wildman–Crippen MR) is 48.5 cm³/mol. The lowest BCUT2D eigenvalue weighted by Gasteiger charge is -1.99. The minimum absolute atomic E-state index is 0.178. The second-order valence-corrected chi connectivity index (χ2v) is 3.32. The van der Waals surface area contributed by atoms with E-state index in [4.69, 9.17) is 5.26 Å².